The van der Waals surface area contributed by atoms with Crippen molar-refractivity contribution >= 4 is 5.96 Å². The van der Waals surface area contributed by atoms with E-state index >= 15 is 0 Å². The number of aliphatic imine (C=N–C) groups is 1. The van der Waals surface area contributed by atoms with E-state index in [2.05, 4.69) is 15.6 Å². The average Bonchev–Trinajstić information content (AvgIpc) is 2.53. The van der Waals surface area contributed by atoms with Crippen LogP contribution in [0.3, 0.4) is 0 Å². The molecule has 0 aliphatic carbocycles. The van der Waals surface area contributed by atoms with E-state index in [1.54, 1.807) is 19.2 Å². The van der Waals surface area contributed by atoms with Crippen LogP contribution in [0.15, 0.2) is 53.5 Å². The van der Waals surface area contributed by atoms with Gasteiger partial charge in [0.15, 0.2) is 5.96 Å². The van der Waals surface area contributed by atoms with Crippen LogP contribution in [-0.2, 0) is 12.8 Å². The quantitative estimate of drug-likeness (QED) is 0.635. The van der Waals surface area contributed by atoms with E-state index in [1.807, 2.05) is 12.1 Å². The van der Waals surface area contributed by atoms with Crippen molar-refractivity contribution in [2.45, 2.75) is 12.8 Å². The number of guanidine groups is 1. The van der Waals surface area contributed by atoms with Crippen molar-refractivity contribution in [2.75, 3.05) is 20.1 Å². The van der Waals surface area contributed by atoms with Gasteiger partial charge in [-0.25, -0.2) is 8.78 Å². The topological polar surface area (TPSA) is 36.4 Å². The van der Waals surface area contributed by atoms with Crippen LogP contribution in [0.25, 0.3) is 0 Å². The fourth-order valence-electron chi connectivity index (χ4n) is 2.26. The van der Waals surface area contributed by atoms with Gasteiger partial charge in [0.05, 0.1) is 0 Å². The van der Waals surface area contributed by atoms with Gasteiger partial charge in [-0.2, -0.15) is 0 Å². The van der Waals surface area contributed by atoms with Crippen LogP contribution in [0.1, 0.15) is 11.1 Å². The number of halogens is 2. The van der Waals surface area contributed by atoms with Crippen LogP contribution in [0.5, 0.6) is 0 Å². The molecule has 2 rings (SSSR count). The fourth-order valence-corrected chi connectivity index (χ4v) is 2.26. The van der Waals surface area contributed by atoms with Gasteiger partial charge < -0.3 is 10.6 Å². The minimum Gasteiger partial charge on any atom is -0.356 e. The summed E-state index contributed by atoms with van der Waals surface area (Å²) >= 11 is 0. The highest BCUT2D eigenvalue weighted by atomic mass is 19.1. The zero-order valence-electron chi connectivity index (χ0n) is 13.2. The second-order valence-electron chi connectivity index (χ2n) is 5.19. The summed E-state index contributed by atoms with van der Waals surface area (Å²) in [7, 11) is 1.69. The molecule has 0 unspecified atom stereocenters. The number of benzene rings is 2. The van der Waals surface area contributed by atoms with Crippen molar-refractivity contribution in [3.05, 3.63) is 71.3 Å². The second kappa shape index (κ2) is 8.88. The van der Waals surface area contributed by atoms with Gasteiger partial charge in [0.25, 0.3) is 0 Å². The van der Waals surface area contributed by atoms with Gasteiger partial charge in [0.2, 0.25) is 0 Å². The Morgan fingerprint density at radius 2 is 1.35 bits per heavy atom. The Balaban J connectivity index is 1.71. The molecule has 0 spiro atoms. The van der Waals surface area contributed by atoms with Gasteiger partial charge in [-0.1, -0.05) is 24.3 Å². The van der Waals surface area contributed by atoms with Crippen molar-refractivity contribution in [1.82, 2.24) is 10.6 Å². The summed E-state index contributed by atoms with van der Waals surface area (Å²) in [5.41, 5.74) is 1.88. The lowest BCUT2D eigenvalue weighted by Gasteiger charge is -2.12. The van der Waals surface area contributed by atoms with Gasteiger partial charge in [0.1, 0.15) is 11.6 Å². The Labute approximate surface area is 135 Å². The minimum atomic E-state index is -0.222. The minimum absolute atomic E-state index is 0.222. The van der Waals surface area contributed by atoms with Crippen LogP contribution in [0, 0.1) is 11.6 Å². The lowest BCUT2D eigenvalue weighted by Crippen LogP contribution is -2.39. The highest BCUT2D eigenvalue weighted by molar-refractivity contribution is 5.79. The second-order valence-corrected chi connectivity index (χ2v) is 5.19. The molecule has 2 aromatic carbocycles. The molecule has 0 aromatic heterocycles. The molecule has 0 amide bonds. The molecular weight excluding hydrogens is 296 g/mol. The maximum atomic E-state index is 13.1. The maximum absolute atomic E-state index is 13.1. The van der Waals surface area contributed by atoms with Crippen molar-refractivity contribution in [3.8, 4) is 0 Å². The maximum Gasteiger partial charge on any atom is 0.190 e. The third-order valence-corrected chi connectivity index (χ3v) is 3.41. The first-order chi connectivity index (χ1) is 11.2. The molecule has 0 saturated heterocycles. The Kier molecular flexibility index (Phi) is 6.54. The SMILES string of the molecule is CN=C(NCCc1cccc(F)c1)NCCc1cccc(F)c1. The number of rotatable bonds is 6. The van der Waals surface area contributed by atoms with Gasteiger partial charge in [-0.05, 0) is 48.2 Å². The Morgan fingerprint density at radius 1 is 0.870 bits per heavy atom. The van der Waals surface area contributed by atoms with Crippen LogP contribution in [0.4, 0.5) is 8.78 Å². The van der Waals surface area contributed by atoms with Crippen molar-refractivity contribution in [1.29, 1.82) is 0 Å². The molecule has 0 bridgehead atoms. The summed E-state index contributed by atoms with van der Waals surface area (Å²) in [5.74, 6) is 0.234. The monoisotopic (exact) mass is 317 g/mol. The third kappa shape index (κ3) is 6.06. The number of nitrogens with zero attached hydrogens (tertiary/aromatic N) is 1. The molecule has 0 radical (unpaired) electrons. The van der Waals surface area contributed by atoms with Crippen molar-refractivity contribution in [3.63, 3.8) is 0 Å². The summed E-state index contributed by atoms with van der Waals surface area (Å²) in [6, 6.07) is 13.1. The van der Waals surface area contributed by atoms with Gasteiger partial charge >= 0.3 is 0 Å². The van der Waals surface area contributed by atoms with E-state index in [4.69, 9.17) is 0 Å². The fraction of sp³-hybridized carbons (Fsp3) is 0.278. The molecule has 0 fully saturated rings. The van der Waals surface area contributed by atoms with Crippen molar-refractivity contribution < 1.29 is 8.78 Å². The molecule has 23 heavy (non-hydrogen) atoms. The molecule has 5 heteroatoms. The number of hydrogen-bond donors (Lipinski definition) is 2. The Hall–Kier alpha value is -2.43. The lowest BCUT2D eigenvalue weighted by atomic mass is 10.1. The van der Waals surface area contributed by atoms with Crippen LogP contribution < -0.4 is 10.6 Å². The first-order valence-electron chi connectivity index (χ1n) is 7.61. The summed E-state index contributed by atoms with van der Waals surface area (Å²) in [4.78, 5) is 4.13. The predicted octanol–water partition coefficient (Wildman–Crippen LogP) is 2.92. The zero-order chi connectivity index (χ0) is 16.5. The molecule has 122 valence electrons. The third-order valence-electron chi connectivity index (χ3n) is 3.41. The number of nitrogens with one attached hydrogen (secondary N) is 2. The smallest absolute Gasteiger partial charge is 0.190 e. The van der Waals surface area contributed by atoms with Gasteiger partial charge in [-0.3, -0.25) is 4.99 Å². The summed E-state index contributed by atoms with van der Waals surface area (Å²) in [6.45, 7) is 1.31. The average molecular weight is 317 g/mol. The largest absolute Gasteiger partial charge is 0.356 e. The van der Waals surface area contributed by atoms with E-state index in [0.717, 1.165) is 11.1 Å². The molecule has 0 saturated carbocycles. The summed E-state index contributed by atoms with van der Waals surface area (Å²) in [6.07, 6.45) is 1.42. The van der Waals surface area contributed by atoms with E-state index in [9.17, 15) is 8.78 Å². The summed E-state index contributed by atoms with van der Waals surface area (Å²) < 4.78 is 26.2. The lowest BCUT2D eigenvalue weighted by molar-refractivity contribution is 0.625. The van der Waals surface area contributed by atoms with Crippen LogP contribution in [0.2, 0.25) is 0 Å². The first kappa shape index (κ1) is 16.9. The van der Waals surface area contributed by atoms with Crippen LogP contribution in [-0.4, -0.2) is 26.1 Å². The predicted molar refractivity (Wildman–Crippen MR) is 89.6 cm³/mol. The summed E-state index contributed by atoms with van der Waals surface area (Å²) in [5, 5.41) is 6.35. The zero-order valence-corrected chi connectivity index (χ0v) is 13.2. The Morgan fingerprint density at radius 3 is 1.74 bits per heavy atom. The molecule has 2 N–H and O–H groups in total. The van der Waals surface area contributed by atoms with Crippen LogP contribution >= 0.6 is 0 Å². The van der Waals surface area contributed by atoms with Gasteiger partial charge in [0, 0.05) is 20.1 Å². The Bertz CT molecular complexity index is 603. The van der Waals surface area contributed by atoms with Crippen molar-refractivity contribution in [2.24, 2.45) is 4.99 Å². The standard InChI is InChI=1S/C18H21F2N3/c1-21-18(22-10-8-14-4-2-6-16(19)12-14)23-11-9-15-5-3-7-17(20)13-15/h2-7,12-13H,8-11H2,1H3,(H2,21,22,23). The molecule has 0 aliphatic rings. The van der Waals surface area contributed by atoms with Gasteiger partial charge in [-0.15, -0.1) is 0 Å². The van der Waals surface area contributed by atoms with E-state index in [-0.39, 0.29) is 11.6 Å². The highest BCUT2D eigenvalue weighted by Gasteiger charge is 2.00. The first-order valence-corrected chi connectivity index (χ1v) is 7.61. The molecule has 0 atom stereocenters. The molecular formula is C18H21F2N3. The van der Waals surface area contributed by atoms with E-state index in [1.165, 1.54) is 24.3 Å². The van der Waals surface area contributed by atoms with E-state index < -0.39 is 0 Å². The highest BCUT2D eigenvalue weighted by Crippen LogP contribution is 2.04. The molecule has 2 aromatic rings. The molecule has 3 nitrogen and oxygen atoms in total. The normalized spacial score (nSPS) is 10.2. The van der Waals surface area contributed by atoms with E-state index in [0.29, 0.717) is 31.9 Å². The molecule has 0 aliphatic heterocycles. The number of hydrogen-bond acceptors (Lipinski definition) is 1. The molecule has 0 heterocycles.